The number of hydrogen-bond acceptors (Lipinski definition) is 4. The van der Waals surface area contributed by atoms with Crippen molar-refractivity contribution in [1.29, 1.82) is 0 Å². The van der Waals surface area contributed by atoms with Crippen LogP contribution in [0.1, 0.15) is 12.5 Å². The number of anilines is 1. The Morgan fingerprint density at radius 1 is 1.53 bits per heavy atom. The molecule has 1 heterocycles. The van der Waals surface area contributed by atoms with Gasteiger partial charge in [0, 0.05) is 19.1 Å². The van der Waals surface area contributed by atoms with Crippen molar-refractivity contribution in [3.63, 3.8) is 0 Å². The quantitative estimate of drug-likeness (QED) is 0.881. The highest BCUT2D eigenvalue weighted by Crippen LogP contribution is 2.31. The molecular formula is C12H16BrFN2O2S. The van der Waals surface area contributed by atoms with Gasteiger partial charge in [-0.25, -0.2) is 12.8 Å². The minimum absolute atomic E-state index is 0.0582. The number of hydrogen-bond donors (Lipinski definition) is 1. The van der Waals surface area contributed by atoms with Crippen LogP contribution < -0.4 is 10.6 Å². The van der Waals surface area contributed by atoms with Crippen molar-refractivity contribution in [1.82, 2.24) is 0 Å². The Morgan fingerprint density at radius 2 is 2.21 bits per heavy atom. The summed E-state index contributed by atoms with van der Waals surface area (Å²) in [5.41, 5.74) is 6.64. The summed E-state index contributed by atoms with van der Waals surface area (Å²) < 4.78 is 37.7. The average Bonchev–Trinajstić information content (AvgIpc) is 2.33. The number of nitrogens with two attached hydrogens (primary N) is 1. The van der Waals surface area contributed by atoms with E-state index in [1.54, 1.807) is 24.0 Å². The van der Waals surface area contributed by atoms with Gasteiger partial charge in [-0.3, -0.25) is 0 Å². The van der Waals surface area contributed by atoms with E-state index in [0.29, 0.717) is 22.3 Å². The second-order valence-corrected chi connectivity index (χ2v) is 7.75. The smallest absolute Gasteiger partial charge is 0.160 e. The SMILES string of the molecule is CC1CS(=O)(=O)CCN1c1ccc(CN)c(Br)c1F. The van der Waals surface area contributed by atoms with Crippen molar-refractivity contribution < 1.29 is 12.8 Å². The second kappa shape index (κ2) is 5.38. The number of rotatable bonds is 2. The van der Waals surface area contributed by atoms with Crippen LogP contribution in [-0.2, 0) is 16.4 Å². The molecule has 0 aromatic heterocycles. The standard InChI is InChI=1S/C12H16BrFN2O2S/c1-8-7-19(17,18)5-4-16(8)10-3-2-9(6-15)11(13)12(10)14/h2-3,8H,4-7,15H2,1H3. The highest BCUT2D eigenvalue weighted by molar-refractivity contribution is 9.10. The molecule has 1 aliphatic heterocycles. The van der Waals surface area contributed by atoms with Gasteiger partial charge in [0.1, 0.15) is 0 Å². The molecule has 19 heavy (non-hydrogen) atoms. The Labute approximate surface area is 120 Å². The maximum absolute atomic E-state index is 14.3. The maximum atomic E-state index is 14.3. The lowest BCUT2D eigenvalue weighted by atomic mass is 10.1. The van der Waals surface area contributed by atoms with E-state index >= 15 is 0 Å². The van der Waals surface area contributed by atoms with Gasteiger partial charge in [0.25, 0.3) is 0 Å². The van der Waals surface area contributed by atoms with Gasteiger partial charge >= 0.3 is 0 Å². The zero-order chi connectivity index (χ0) is 14.2. The second-order valence-electron chi connectivity index (χ2n) is 4.73. The van der Waals surface area contributed by atoms with E-state index in [-0.39, 0.29) is 29.9 Å². The van der Waals surface area contributed by atoms with Gasteiger partial charge in [0.2, 0.25) is 0 Å². The molecule has 0 spiro atoms. The molecule has 106 valence electrons. The first-order chi connectivity index (χ1) is 8.85. The summed E-state index contributed by atoms with van der Waals surface area (Å²) in [5, 5.41) is 0. The van der Waals surface area contributed by atoms with Crippen molar-refractivity contribution in [3.8, 4) is 0 Å². The molecule has 1 aliphatic rings. The third-order valence-electron chi connectivity index (χ3n) is 3.34. The predicted molar refractivity (Wildman–Crippen MR) is 77.5 cm³/mol. The van der Waals surface area contributed by atoms with Gasteiger partial charge < -0.3 is 10.6 Å². The minimum atomic E-state index is -3.00. The summed E-state index contributed by atoms with van der Waals surface area (Å²) in [6, 6.07) is 3.19. The largest absolute Gasteiger partial charge is 0.364 e. The molecule has 7 heteroatoms. The lowest BCUT2D eigenvalue weighted by Gasteiger charge is -2.35. The van der Waals surface area contributed by atoms with Crippen molar-refractivity contribution in [2.45, 2.75) is 19.5 Å². The number of benzene rings is 1. The molecule has 2 rings (SSSR count). The summed E-state index contributed by atoms with van der Waals surface area (Å²) in [6.45, 7) is 2.36. The van der Waals surface area contributed by atoms with Crippen LogP contribution in [0.15, 0.2) is 16.6 Å². The fourth-order valence-corrected chi connectivity index (χ4v) is 4.37. The molecule has 0 aliphatic carbocycles. The monoisotopic (exact) mass is 350 g/mol. The molecule has 1 atom stereocenters. The van der Waals surface area contributed by atoms with E-state index in [1.807, 2.05) is 0 Å². The molecule has 0 bridgehead atoms. The molecule has 0 saturated carbocycles. The zero-order valence-electron chi connectivity index (χ0n) is 10.6. The molecule has 1 aromatic rings. The minimum Gasteiger partial charge on any atom is -0.364 e. The average molecular weight is 351 g/mol. The van der Waals surface area contributed by atoms with Crippen molar-refractivity contribution in [2.75, 3.05) is 23.0 Å². The van der Waals surface area contributed by atoms with Crippen LogP contribution in [0.25, 0.3) is 0 Å². The third-order valence-corrected chi connectivity index (χ3v) is 5.99. The van der Waals surface area contributed by atoms with Crippen molar-refractivity contribution in [2.24, 2.45) is 5.73 Å². The Balaban J connectivity index is 2.36. The Hall–Kier alpha value is -0.660. The molecule has 1 aromatic carbocycles. The van der Waals surface area contributed by atoms with Crippen LogP contribution >= 0.6 is 15.9 Å². The summed E-state index contributed by atoms with van der Waals surface area (Å²) in [7, 11) is -3.00. The fourth-order valence-electron chi connectivity index (χ4n) is 2.32. The summed E-state index contributed by atoms with van der Waals surface area (Å²) in [5.74, 6) is -0.260. The summed E-state index contributed by atoms with van der Waals surface area (Å²) in [6.07, 6.45) is 0. The summed E-state index contributed by atoms with van der Waals surface area (Å²) >= 11 is 3.20. The van der Waals surface area contributed by atoms with E-state index in [2.05, 4.69) is 15.9 Å². The molecular weight excluding hydrogens is 335 g/mol. The van der Waals surface area contributed by atoms with Gasteiger partial charge in [-0.1, -0.05) is 6.07 Å². The van der Waals surface area contributed by atoms with Crippen LogP contribution in [0.4, 0.5) is 10.1 Å². The van der Waals surface area contributed by atoms with Crippen molar-refractivity contribution >= 4 is 31.5 Å². The number of nitrogens with zero attached hydrogens (tertiary/aromatic N) is 1. The van der Waals surface area contributed by atoms with Gasteiger partial charge in [-0.15, -0.1) is 0 Å². The Kier molecular flexibility index (Phi) is 4.17. The van der Waals surface area contributed by atoms with Gasteiger partial charge in [0.15, 0.2) is 15.7 Å². The highest BCUT2D eigenvalue weighted by atomic mass is 79.9. The Morgan fingerprint density at radius 3 is 2.79 bits per heavy atom. The van der Waals surface area contributed by atoms with Crippen LogP contribution in [0.5, 0.6) is 0 Å². The number of sulfone groups is 1. The van der Waals surface area contributed by atoms with Crippen LogP contribution in [0, 0.1) is 5.82 Å². The topological polar surface area (TPSA) is 63.4 Å². The molecule has 0 radical (unpaired) electrons. The first kappa shape index (κ1) is 14.7. The van der Waals surface area contributed by atoms with E-state index in [9.17, 15) is 12.8 Å². The molecule has 1 saturated heterocycles. The molecule has 0 amide bonds. The first-order valence-electron chi connectivity index (χ1n) is 5.99. The van der Waals surface area contributed by atoms with Crippen LogP contribution in [-0.4, -0.2) is 32.5 Å². The van der Waals surface area contributed by atoms with Gasteiger partial charge in [-0.2, -0.15) is 0 Å². The van der Waals surface area contributed by atoms with Crippen molar-refractivity contribution in [3.05, 3.63) is 28.0 Å². The molecule has 2 N–H and O–H groups in total. The molecule has 4 nitrogen and oxygen atoms in total. The zero-order valence-corrected chi connectivity index (χ0v) is 13.0. The molecule has 1 unspecified atom stereocenters. The lowest BCUT2D eigenvalue weighted by Crippen LogP contribution is -2.47. The first-order valence-corrected chi connectivity index (χ1v) is 8.61. The highest BCUT2D eigenvalue weighted by Gasteiger charge is 2.30. The fraction of sp³-hybridized carbons (Fsp3) is 0.500. The van der Waals surface area contributed by atoms with E-state index in [4.69, 9.17) is 5.73 Å². The Bertz CT molecular complexity index is 592. The predicted octanol–water partition coefficient (Wildman–Crippen LogP) is 1.67. The maximum Gasteiger partial charge on any atom is 0.160 e. The van der Waals surface area contributed by atoms with Crippen LogP contribution in [0.2, 0.25) is 0 Å². The lowest BCUT2D eigenvalue weighted by molar-refractivity contribution is 0.557. The van der Waals surface area contributed by atoms with Crippen LogP contribution in [0.3, 0.4) is 0 Å². The van der Waals surface area contributed by atoms with E-state index < -0.39 is 9.84 Å². The summed E-state index contributed by atoms with van der Waals surface area (Å²) in [4.78, 5) is 1.79. The molecule has 1 fully saturated rings. The van der Waals surface area contributed by atoms with E-state index in [1.165, 1.54) is 0 Å². The van der Waals surface area contributed by atoms with E-state index in [0.717, 1.165) is 0 Å². The van der Waals surface area contributed by atoms with Gasteiger partial charge in [-0.05, 0) is 34.5 Å². The van der Waals surface area contributed by atoms with Gasteiger partial charge in [0.05, 0.1) is 21.7 Å². The third kappa shape index (κ3) is 2.93. The normalized spacial score (nSPS) is 22.5. The number of halogens is 2.